The topological polar surface area (TPSA) is 52.2 Å². The molecule has 3 aromatic rings. The summed E-state index contributed by atoms with van der Waals surface area (Å²) >= 11 is 7.84. The predicted octanol–water partition coefficient (Wildman–Crippen LogP) is 3.84. The molecule has 5 rings (SSSR count). The van der Waals surface area contributed by atoms with Crippen LogP contribution in [0.4, 0.5) is 5.69 Å². The maximum atomic E-state index is 12.7. The van der Waals surface area contributed by atoms with Crippen LogP contribution in [-0.4, -0.2) is 41.0 Å². The second-order valence-corrected chi connectivity index (χ2v) is 9.17. The number of thiophene rings is 1. The normalized spacial score (nSPS) is 17.8. The van der Waals surface area contributed by atoms with Crippen LogP contribution >= 0.6 is 22.9 Å². The summed E-state index contributed by atoms with van der Waals surface area (Å²) in [4.78, 5) is 27.6. The monoisotopic (exact) mass is 414 g/mol. The summed E-state index contributed by atoms with van der Waals surface area (Å²) in [7, 11) is 0. The lowest BCUT2D eigenvalue weighted by Crippen LogP contribution is -2.46. The highest BCUT2D eigenvalue weighted by Gasteiger charge is 2.22. The van der Waals surface area contributed by atoms with Gasteiger partial charge in [0.1, 0.15) is 10.7 Å². The Bertz CT molecular complexity index is 1070. The molecule has 0 radical (unpaired) electrons. The molecule has 0 amide bonds. The zero-order chi connectivity index (χ0) is 19.1. The van der Waals surface area contributed by atoms with E-state index in [1.165, 1.54) is 29.0 Å². The third-order valence-electron chi connectivity index (χ3n) is 5.79. The highest BCUT2D eigenvalue weighted by Crippen LogP contribution is 2.33. The van der Waals surface area contributed by atoms with Crippen LogP contribution in [-0.2, 0) is 19.4 Å². The van der Waals surface area contributed by atoms with Crippen molar-refractivity contribution >= 4 is 38.8 Å². The maximum Gasteiger partial charge on any atom is 0.259 e. The van der Waals surface area contributed by atoms with Gasteiger partial charge in [-0.3, -0.25) is 9.69 Å². The van der Waals surface area contributed by atoms with Crippen molar-refractivity contribution in [3.63, 3.8) is 0 Å². The van der Waals surface area contributed by atoms with Crippen LogP contribution in [0, 0.1) is 0 Å². The fraction of sp³-hybridized carbons (Fsp3) is 0.429. The number of hydrogen-bond donors (Lipinski definition) is 1. The summed E-state index contributed by atoms with van der Waals surface area (Å²) in [5.74, 6) is 0.785. The first-order valence-corrected chi connectivity index (χ1v) is 11.1. The van der Waals surface area contributed by atoms with Crippen LogP contribution in [0.3, 0.4) is 0 Å². The molecule has 1 saturated heterocycles. The lowest BCUT2D eigenvalue weighted by atomic mass is 9.97. The Morgan fingerprint density at radius 1 is 1.14 bits per heavy atom. The number of aryl methyl sites for hydroxylation is 2. The first-order chi connectivity index (χ1) is 13.7. The van der Waals surface area contributed by atoms with Gasteiger partial charge < -0.3 is 9.88 Å². The van der Waals surface area contributed by atoms with Crippen LogP contribution < -0.4 is 10.5 Å². The van der Waals surface area contributed by atoms with Crippen LogP contribution in [0.25, 0.3) is 10.2 Å². The van der Waals surface area contributed by atoms with Crippen molar-refractivity contribution < 1.29 is 0 Å². The van der Waals surface area contributed by atoms with E-state index in [4.69, 9.17) is 16.6 Å². The number of aromatic nitrogens is 2. The van der Waals surface area contributed by atoms with Gasteiger partial charge in [-0.25, -0.2) is 4.98 Å². The molecule has 5 nitrogen and oxygen atoms in total. The molecule has 2 aliphatic rings. The average molecular weight is 415 g/mol. The van der Waals surface area contributed by atoms with Gasteiger partial charge in [0.15, 0.2) is 0 Å². The van der Waals surface area contributed by atoms with E-state index in [1.54, 1.807) is 11.3 Å². The number of fused-ring (bicyclic) bond motifs is 3. The highest BCUT2D eigenvalue weighted by molar-refractivity contribution is 7.18. The lowest BCUT2D eigenvalue weighted by molar-refractivity contribution is 0.244. The standard InChI is InChI=1S/C21H23ClN4OS/c22-14-4-3-5-15(12-14)26-10-8-25(9-11-26)13-18-23-20(27)19-16-6-1-2-7-17(16)28-21(19)24-18/h3-5,12H,1-2,6-11,13H2,(H,23,24,27). The van der Waals surface area contributed by atoms with E-state index in [-0.39, 0.29) is 5.56 Å². The summed E-state index contributed by atoms with van der Waals surface area (Å²) in [5.41, 5.74) is 2.46. The number of H-pyrrole nitrogens is 1. The number of halogens is 1. The van der Waals surface area contributed by atoms with Crippen molar-refractivity contribution in [3.05, 3.63) is 55.9 Å². The Labute approximate surface area is 173 Å². The Morgan fingerprint density at radius 2 is 1.96 bits per heavy atom. The largest absolute Gasteiger partial charge is 0.369 e. The summed E-state index contributed by atoms with van der Waals surface area (Å²) in [6.45, 7) is 4.46. The molecule has 2 aromatic heterocycles. The Kier molecular flexibility index (Phi) is 4.87. The van der Waals surface area contributed by atoms with Crippen molar-refractivity contribution in [3.8, 4) is 0 Å². The van der Waals surface area contributed by atoms with E-state index in [0.29, 0.717) is 6.54 Å². The van der Waals surface area contributed by atoms with Crippen molar-refractivity contribution in [1.29, 1.82) is 0 Å². The molecule has 1 aliphatic carbocycles. The molecule has 7 heteroatoms. The number of anilines is 1. The van der Waals surface area contributed by atoms with E-state index in [1.807, 2.05) is 18.2 Å². The molecule has 146 valence electrons. The van der Waals surface area contributed by atoms with Gasteiger partial charge in [0, 0.05) is 41.8 Å². The maximum absolute atomic E-state index is 12.7. The second-order valence-electron chi connectivity index (χ2n) is 7.65. The van der Waals surface area contributed by atoms with Crippen molar-refractivity contribution in [1.82, 2.24) is 14.9 Å². The predicted molar refractivity (Wildman–Crippen MR) is 116 cm³/mol. The summed E-state index contributed by atoms with van der Waals surface area (Å²) in [6.07, 6.45) is 4.51. The van der Waals surface area contributed by atoms with Crippen LogP contribution in [0.1, 0.15) is 29.1 Å². The molecule has 1 fully saturated rings. The van der Waals surface area contributed by atoms with E-state index < -0.39 is 0 Å². The van der Waals surface area contributed by atoms with E-state index in [9.17, 15) is 4.79 Å². The SMILES string of the molecule is O=c1[nH]c(CN2CCN(c3cccc(Cl)c3)CC2)nc2sc3c(c12)CCCC3. The number of hydrogen-bond acceptors (Lipinski definition) is 5. The number of benzene rings is 1. The Balaban J connectivity index is 1.30. The highest BCUT2D eigenvalue weighted by atomic mass is 35.5. The minimum Gasteiger partial charge on any atom is -0.369 e. The molecule has 0 unspecified atom stereocenters. The second kappa shape index (κ2) is 7.50. The summed E-state index contributed by atoms with van der Waals surface area (Å²) < 4.78 is 0. The van der Waals surface area contributed by atoms with Gasteiger partial charge in [-0.2, -0.15) is 0 Å². The van der Waals surface area contributed by atoms with Crippen molar-refractivity contribution in [2.75, 3.05) is 31.1 Å². The number of nitrogens with one attached hydrogen (secondary N) is 1. The van der Waals surface area contributed by atoms with Crippen molar-refractivity contribution in [2.24, 2.45) is 0 Å². The van der Waals surface area contributed by atoms with Gasteiger partial charge in [-0.05, 0) is 49.4 Å². The number of aromatic amines is 1. The molecule has 28 heavy (non-hydrogen) atoms. The van der Waals surface area contributed by atoms with Gasteiger partial charge in [0.25, 0.3) is 5.56 Å². The van der Waals surface area contributed by atoms with Gasteiger partial charge in [0.05, 0.1) is 11.9 Å². The third-order valence-corrected chi connectivity index (χ3v) is 7.21. The van der Waals surface area contributed by atoms with Gasteiger partial charge in [-0.15, -0.1) is 11.3 Å². The van der Waals surface area contributed by atoms with E-state index in [0.717, 1.165) is 60.1 Å². The summed E-state index contributed by atoms with van der Waals surface area (Å²) in [5, 5.41) is 1.61. The molecule has 1 aromatic carbocycles. The number of piperazine rings is 1. The van der Waals surface area contributed by atoms with E-state index in [2.05, 4.69) is 20.9 Å². The Morgan fingerprint density at radius 3 is 2.79 bits per heavy atom. The molecule has 0 atom stereocenters. The molecule has 3 heterocycles. The molecular weight excluding hydrogens is 392 g/mol. The van der Waals surface area contributed by atoms with Gasteiger partial charge in [-0.1, -0.05) is 17.7 Å². The molecule has 0 spiro atoms. The minimum atomic E-state index is 0.0389. The van der Waals surface area contributed by atoms with E-state index >= 15 is 0 Å². The molecular formula is C21H23ClN4OS. The van der Waals surface area contributed by atoms with Crippen LogP contribution in [0.5, 0.6) is 0 Å². The fourth-order valence-electron chi connectivity index (χ4n) is 4.33. The first-order valence-electron chi connectivity index (χ1n) is 9.94. The lowest BCUT2D eigenvalue weighted by Gasteiger charge is -2.35. The van der Waals surface area contributed by atoms with Crippen LogP contribution in [0.15, 0.2) is 29.1 Å². The van der Waals surface area contributed by atoms with Gasteiger partial charge >= 0.3 is 0 Å². The zero-order valence-electron chi connectivity index (χ0n) is 15.7. The average Bonchev–Trinajstić information content (AvgIpc) is 3.07. The first kappa shape index (κ1) is 18.2. The number of rotatable bonds is 3. The molecule has 1 aliphatic heterocycles. The van der Waals surface area contributed by atoms with Gasteiger partial charge in [0.2, 0.25) is 0 Å². The molecule has 0 bridgehead atoms. The van der Waals surface area contributed by atoms with Crippen molar-refractivity contribution in [2.45, 2.75) is 32.2 Å². The third kappa shape index (κ3) is 3.45. The molecule has 0 saturated carbocycles. The fourth-order valence-corrected chi connectivity index (χ4v) is 5.80. The number of nitrogens with zero attached hydrogens (tertiary/aromatic N) is 3. The Hall–Kier alpha value is -1.89. The smallest absolute Gasteiger partial charge is 0.259 e. The quantitative estimate of drug-likeness (QED) is 0.707. The summed E-state index contributed by atoms with van der Waals surface area (Å²) in [6, 6.07) is 8.02. The minimum absolute atomic E-state index is 0.0389. The molecule has 1 N–H and O–H groups in total. The zero-order valence-corrected chi connectivity index (χ0v) is 17.3. The van der Waals surface area contributed by atoms with Crippen LogP contribution in [0.2, 0.25) is 5.02 Å².